The molecule has 0 aromatic heterocycles. The van der Waals surface area contributed by atoms with Gasteiger partial charge in [-0.25, -0.2) is 0 Å². The summed E-state index contributed by atoms with van der Waals surface area (Å²) < 4.78 is 10.4. The van der Waals surface area contributed by atoms with Crippen LogP contribution in [0.5, 0.6) is 11.5 Å². The number of rotatable bonds is 5. The highest BCUT2D eigenvalue weighted by Crippen LogP contribution is 2.27. The summed E-state index contributed by atoms with van der Waals surface area (Å²) in [6, 6.07) is 14.8. The van der Waals surface area contributed by atoms with Crippen LogP contribution >= 0.6 is 12.2 Å². The van der Waals surface area contributed by atoms with E-state index in [4.69, 9.17) is 21.7 Å². The number of methoxy groups -OCH3 is 2. The van der Waals surface area contributed by atoms with Gasteiger partial charge in [0.15, 0.2) is 16.6 Å². The van der Waals surface area contributed by atoms with Gasteiger partial charge in [-0.3, -0.25) is 15.6 Å². The molecule has 7 heteroatoms. The van der Waals surface area contributed by atoms with E-state index in [0.717, 1.165) is 11.3 Å². The van der Waals surface area contributed by atoms with E-state index in [1.165, 1.54) is 6.08 Å². The van der Waals surface area contributed by atoms with Gasteiger partial charge in [0.2, 0.25) is 0 Å². The molecule has 0 fully saturated rings. The lowest BCUT2D eigenvalue weighted by atomic mass is 10.2. The van der Waals surface area contributed by atoms with E-state index in [1.807, 2.05) is 36.4 Å². The summed E-state index contributed by atoms with van der Waals surface area (Å²) in [5.74, 6) is 0.881. The minimum atomic E-state index is -0.341. The van der Waals surface area contributed by atoms with Crippen molar-refractivity contribution in [1.82, 2.24) is 10.9 Å². The van der Waals surface area contributed by atoms with Crippen LogP contribution in [0.25, 0.3) is 6.08 Å². The van der Waals surface area contributed by atoms with Gasteiger partial charge in [-0.15, -0.1) is 0 Å². The number of nitrogens with one attached hydrogen (secondary N) is 3. The molecule has 0 saturated heterocycles. The van der Waals surface area contributed by atoms with Gasteiger partial charge in [0.05, 0.1) is 14.2 Å². The fourth-order valence-electron chi connectivity index (χ4n) is 1.97. The molecule has 0 aliphatic carbocycles. The van der Waals surface area contributed by atoms with E-state index >= 15 is 0 Å². The number of hydrazine groups is 1. The van der Waals surface area contributed by atoms with E-state index in [-0.39, 0.29) is 5.91 Å². The SMILES string of the molecule is COc1ccc(/C=C/C(=O)NNC(=S)Nc2ccccc2)cc1OC. The van der Waals surface area contributed by atoms with Crippen molar-refractivity contribution in [2.24, 2.45) is 0 Å². The summed E-state index contributed by atoms with van der Waals surface area (Å²) in [7, 11) is 3.13. The lowest BCUT2D eigenvalue weighted by Gasteiger charge is -2.10. The summed E-state index contributed by atoms with van der Waals surface area (Å²) in [6.45, 7) is 0. The monoisotopic (exact) mass is 357 g/mol. The van der Waals surface area contributed by atoms with Crippen molar-refractivity contribution in [3.05, 3.63) is 60.2 Å². The Morgan fingerprint density at radius 1 is 1.00 bits per heavy atom. The average Bonchev–Trinajstić information content (AvgIpc) is 2.65. The van der Waals surface area contributed by atoms with Crippen LogP contribution in [0.4, 0.5) is 5.69 Å². The average molecular weight is 357 g/mol. The lowest BCUT2D eigenvalue weighted by molar-refractivity contribution is -0.116. The van der Waals surface area contributed by atoms with Crippen molar-refractivity contribution >= 4 is 35.0 Å². The van der Waals surface area contributed by atoms with Crippen LogP contribution in [-0.4, -0.2) is 25.2 Å². The van der Waals surface area contributed by atoms with E-state index < -0.39 is 0 Å². The second kappa shape index (κ2) is 9.29. The van der Waals surface area contributed by atoms with Crippen LogP contribution in [-0.2, 0) is 4.79 Å². The fraction of sp³-hybridized carbons (Fsp3) is 0.111. The van der Waals surface area contributed by atoms with Crippen LogP contribution in [0.1, 0.15) is 5.56 Å². The molecular weight excluding hydrogens is 338 g/mol. The highest BCUT2D eigenvalue weighted by molar-refractivity contribution is 7.80. The molecule has 1 amide bonds. The highest BCUT2D eigenvalue weighted by Gasteiger charge is 2.03. The maximum atomic E-state index is 11.8. The predicted molar refractivity (Wildman–Crippen MR) is 103 cm³/mol. The van der Waals surface area contributed by atoms with E-state index in [2.05, 4.69) is 16.2 Å². The number of hydrogen-bond acceptors (Lipinski definition) is 4. The van der Waals surface area contributed by atoms with Gasteiger partial charge < -0.3 is 14.8 Å². The second-order valence-electron chi connectivity index (χ2n) is 4.88. The molecule has 0 atom stereocenters. The second-order valence-corrected chi connectivity index (χ2v) is 5.29. The molecule has 0 aliphatic heterocycles. The summed E-state index contributed by atoms with van der Waals surface area (Å²) in [6.07, 6.45) is 3.05. The molecule has 0 unspecified atom stereocenters. The molecule has 130 valence electrons. The zero-order chi connectivity index (χ0) is 18.1. The standard InChI is InChI=1S/C18H19N3O3S/c1-23-15-10-8-13(12-16(15)24-2)9-11-17(22)20-21-18(25)19-14-6-4-3-5-7-14/h3-12H,1-2H3,(H,20,22)(H2,19,21,25)/b11-9+. The quantitative estimate of drug-likeness (QED) is 0.434. The number of benzene rings is 2. The first kappa shape index (κ1) is 18.3. The van der Waals surface area contributed by atoms with Crippen molar-refractivity contribution in [3.63, 3.8) is 0 Å². The number of carbonyl (C=O) groups excluding carboxylic acids is 1. The Morgan fingerprint density at radius 3 is 2.40 bits per heavy atom. The molecule has 25 heavy (non-hydrogen) atoms. The molecule has 0 heterocycles. The van der Waals surface area contributed by atoms with Gasteiger partial charge in [-0.05, 0) is 48.1 Å². The van der Waals surface area contributed by atoms with Crippen LogP contribution in [0.2, 0.25) is 0 Å². The van der Waals surface area contributed by atoms with E-state index in [1.54, 1.807) is 32.4 Å². The molecule has 3 N–H and O–H groups in total. The molecule has 2 aromatic carbocycles. The first-order valence-corrected chi connectivity index (χ1v) is 7.85. The Morgan fingerprint density at radius 2 is 1.72 bits per heavy atom. The number of para-hydroxylation sites is 1. The number of anilines is 1. The third kappa shape index (κ3) is 5.82. The van der Waals surface area contributed by atoms with Crippen LogP contribution in [0.15, 0.2) is 54.6 Å². The normalized spacial score (nSPS) is 10.2. The Kier molecular flexibility index (Phi) is 6.79. The Balaban J connectivity index is 1.85. The molecule has 6 nitrogen and oxygen atoms in total. The smallest absolute Gasteiger partial charge is 0.262 e. The minimum absolute atomic E-state index is 0.291. The molecule has 0 spiro atoms. The molecule has 2 rings (SSSR count). The van der Waals surface area contributed by atoms with E-state index in [0.29, 0.717) is 16.6 Å². The summed E-state index contributed by atoms with van der Waals surface area (Å²) >= 11 is 5.10. The van der Waals surface area contributed by atoms with Crippen LogP contribution < -0.4 is 25.6 Å². The molecule has 0 saturated carbocycles. The number of ether oxygens (including phenoxy) is 2. The van der Waals surface area contributed by atoms with Gasteiger partial charge >= 0.3 is 0 Å². The number of hydrogen-bond donors (Lipinski definition) is 3. The molecule has 0 radical (unpaired) electrons. The van der Waals surface area contributed by atoms with Crippen molar-refractivity contribution < 1.29 is 14.3 Å². The minimum Gasteiger partial charge on any atom is -0.493 e. The Hall–Kier alpha value is -3.06. The number of carbonyl (C=O) groups is 1. The van der Waals surface area contributed by atoms with Gasteiger partial charge in [-0.1, -0.05) is 24.3 Å². The van der Waals surface area contributed by atoms with E-state index in [9.17, 15) is 4.79 Å². The molecule has 0 bridgehead atoms. The summed E-state index contributed by atoms with van der Waals surface area (Å²) in [5, 5.41) is 3.24. The summed E-state index contributed by atoms with van der Waals surface area (Å²) in [4.78, 5) is 11.8. The number of thiocarbonyl (C=S) groups is 1. The van der Waals surface area contributed by atoms with Crippen LogP contribution in [0.3, 0.4) is 0 Å². The third-order valence-electron chi connectivity index (χ3n) is 3.17. The maximum Gasteiger partial charge on any atom is 0.262 e. The van der Waals surface area contributed by atoms with Crippen molar-refractivity contribution in [2.75, 3.05) is 19.5 Å². The highest BCUT2D eigenvalue weighted by atomic mass is 32.1. The number of amides is 1. The van der Waals surface area contributed by atoms with Gasteiger partial charge in [0.1, 0.15) is 0 Å². The van der Waals surface area contributed by atoms with Crippen molar-refractivity contribution in [1.29, 1.82) is 0 Å². The summed E-state index contributed by atoms with van der Waals surface area (Å²) in [5.41, 5.74) is 6.75. The van der Waals surface area contributed by atoms with Crippen molar-refractivity contribution in [3.8, 4) is 11.5 Å². The largest absolute Gasteiger partial charge is 0.493 e. The third-order valence-corrected chi connectivity index (χ3v) is 3.37. The van der Waals surface area contributed by atoms with Gasteiger partial charge in [0, 0.05) is 11.8 Å². The maximum absolute atomic E-state index is 11.8. The molecule has 2 aromatic rings. The Labute approximate surface area is 151 Å². The topological polar surface area (TPSA) is 71.6 Å². The zero-order valence-electron chi connectivity index (χ0n) is 13.9. The van der Waals surface area contributed by atoms with Gasteiger partial charge in [-0.2, -0.15) is 0 Å². The van der Waals surface area contributed by atoms with Crippen molar-refractivity contribution in [2.45, 2.75) is 0 Å². The fourth-order valence-corrected chi connectivity index (χ4v) is 2.14. The zero-order valence-corrected chi connectivity index (χ0v) is 14.7. The lowest BCUT2D eigenvalue weighted by Crippen LogP contribution is -2.43. The first-order chi connectivity index (χ1) is 12.1. The first-order valence-electron chi connectivity index (χ1n) is 7.44. The van der Waals surface area contributed by atoms with Crippen LogP contribution in [0, 0.1) is 0 Å². The Bertz CT molecular complexity index is 763. The predicted octanol–water partition coefficient (Wildman–Crippen LogP) is 2.73. The van der Waals surface area contributed by atoms with Gasteiger partial charge in [0.25, 0.3) is 5.91 Å². The molecule has 0 aliphatic rings. The molecular formula is C18H19N3O3S.